The zero-order valence-corrected chi connectivity index (χ0v) is 25.4. The molecule has 13 heteroatoms. The van der Waals surface area contributed by atoms with Crippen molar-refractivity contribution in [3.05, 3.63) is 81.8 Å². The van der Waals surface area contributed by atoms with Crippen LogP contribution in [0.3, 0.4) is 0 Å². The van der Waals surface area contributed by atoms with E-state index in [4.69, 9.17) is 27.9 Å². The van der Waals surface area contributed by atoms with E-state index in [9.17, 15) is 22.9 Å². The molecule has 0 aliphatic rings. The van der Waals surface area contributed by atoms with Crippen LogP contribution in [-0.2, 0) is 16.5 Å². The summed E-state index contributed by atoms with van der Waals surface area (Å²) >= 11 is 12.3. The van der Waals surface area contributed by atoms with Crippen molar-refractivity contribution < 1.29 is 57.2 Å². The van der Waals surface area contributed by atoms with E-state index in [0.29, 0.717) is 28.5 Å². The van der Waals surface area contributed by atoms with Crippen LogP contribution in [0.15, 0.2) is 75.8 Å². The number of fused-ring (bicyclic) bond motifs is 1. The Balaban J connectivity index is 0.00000420. The van der Waals surface area contributed by atoms with Gasteiger partial charge in [0.1, 0.15) is 16.3 Å². The summed E-state index contributed by atoms with van der Waals surface area (Å²) < 4.78 is 38.4. The molecule has 0 unspecified atom stereocenters. The van der Waals surface area contributed by atoms with E-state index >= 15 is 0 Å². The summed E-state index contributed by atoms with van der Waals surface area (Å²) in [6.07, 6.45) is 0.349. The average Bonchev–Trinajstić information content (AvgIpc) is 2.88. The van der Waals surface area contributed by atoms with E-state index in [1.807, 2.05) is 0 Å². The van der Waals surface area contributed by atoms with Crippen LogP contribution < -0.4 is 44.7 Å². The maximum atomic E-state index is 13.4. The standard InChI is InChI=1S/C26H21Cl2N3O6S.Na/c1-3-14-11-16(13-21(22(14)28)38(34,35)36)30-31-23-17-8-5-4-7-15(17)12-18(25(23)32)26(33)29-24-19(27)9-6-10-20(24)37-2;/h4-13,32H,3H2,1-2H3,(H,29,33)(H,34,35,36);/q;+1/p-1. The van der Waals surface area contributed by atoms with E-state index in [1.165, 1.54) is 19.2 Å². The molecular weight excluding hydrogens is 576 g/mol. The van der Waals surface area contributed by atoms with Crippen molar-refractivity contribution in [2.75, 3.05) is 12.4 Å². The smallest absolute Gasteiger partial charge is 0.870 e. The van der Waals surface area contributed by atoms with Gasteiger partial charge in [-0.05, 0) is 47.7 Å². The predicted octanol–water partition coefficient (Wildman–Crippen LogP) is 3.71. The number of amides is 1. The number of anilines is 1. The van der Waals surface area contributed by atoms with Gasteiger partial charge in [-0.15, -0.1) is 0 Å². The number of nitrogens with zero attached hydrogens (tertiary/aromatic N) is 2. The molecule has 0 aromatic heterocycles. The first-order chi connectivity index (χ1) is 18.0. The number of benzene rings is 4. The molecule has 0 fully saturated rings. The van der Waals surface area contributed by atoms with Gasteiger partial charge >= 0.3 is 29.6 Å². The molecule has 0 bridgehead atoms. The first-order valence-electron chi connectivity index (χ1n) is 11.1. The Morgan fingerprint density at radius 2 is 1.79 bits per heavy atom. The van der Waals surface area contributed by atoms with Crippen LogP contribution in [-0.4, -0.2) is 26.0 Å². The Labute approximate surface area is 256 Å². The molecular formula is C26H20Cl2N3NaO6S. The number of methoxy groups -OCH3 is 1. The molecule has 0 aliphatic heterocycles. The Morgan fingerprint density at radius 3 is 2.46 bits per heavy atom. The van der Waals surface area contributed by atoms with Crippen LogP contribution in [0.1, 0.15) is 22.8 Å². The molecule has 0 heterocycles. The molecule has 1 amide bonds. The van der Waals surface area contributed by atoms with Crippen molar-refractivity contribution in [3.63, 3.8) is 0 Å². The maximum absolute atomic E-state index is 13.4. The molecule has 9 nitrogen and oxygen atoms in total. The first kappa shape index (κ1) is 30.8. The number of rotatable bonds is 7. The van der Waals surface area contributed by atoms with Gasteiger partial charge in [-0.2, -0.15) is 18.6 Å². The van der Waals surface area contributed by atoms with Crippen LogP contribution in [0.2, 0.25) is 10.0 Å². The largest absolute Gasteiger partial charge is 1.00 e. The van der Waals surface area contributed by atoms with Crippen molar-refractivity contribution in [3.8, 4) is 11.5 Å². The Hall–Kier alpha value is -2.70. The molecule has 0 saturated carbocycles. The molecule has 0 aliphatic carbocycles. The normalized spacial score (nSPS) is 11.4. The third-order valence-corrected chi connectivity index (χ3v) is 7.43. The van der Waals surface area contributed by atoms with Crippen molar-refractivity contribution in [1.82, 2.24) is 0 Å². The zero-order valence-electron chi connectivity index (χ0n) is 21.0. The summed E-state index contributed by atoms with van der Waals surface area (Å²) in [7, 11) is -3.22. The molecule has 4 aromatic rings. The van der Waals surface area contributed by atoms with E-state index in [0.717, 1.165) is 6.07 Å². The fourth-order valence-electron chi connectivity index (χ4n) is 3.80. The van der Waals surface area contributed by atoms with Gasteiger partial charge < -0.3 is 15.2 Å². The molecule has 39 heavy (non-hydrogen) atoms. The van der Waals surface area contributed by atoms with Crippen molar-refractivity contribution >= 4 is 67.1 Å². The number of aryl methyl sites for hydroxylation is 1. The van der Waals surface area contributed by atoms with E-state index in [2.05, 4.69) is 15.5 Å². The van der Waals surface area contributed by atoms with Crippen LogP contribution in [0.5, 0.6) is 11.5 Å². The summed E-state index contributed by atoms with van der Waals surface area (Å²) in [5.74, 6) is -1.14. The summed E-state index contributed by atoms with van der Waals surface area (Å²) in [6.45, 7) is 1.75. The van der Waals surface area contributed by atoms with Gasteiger partial charge in [0.2, 0.25) is 0 Å². The van der Waals surface area contributed by atoms with Gasteiger partial charge in [0.25, 0.3) is 16.0 Å². The first-order valence-corrected chi connectivity index (χ1v) is 13.3. The van der Waals surface area contributed by atoms with Gasteiger partial charge in [0.15, 0.2) is 0 Å². The second kappa shape index (κ2) is 12.6. The van der Waals surface area contributed by atoms with Crippen molar-refractivity contribution in [1.29, 1.82) is 0 Å². The monoisotopic (exact) mass is 595 g/mol. The SMILES string of the molecule is CCc1cc(N=Nc2c([O-])c(C(=O)Nc3c(Cl)cccc3OC)cc3ccccc23)cc(S(=O)(=O)O)c1Cl.[Na+]. The number of ether oxygens (including phenoxy) is 1. The number of azo groups is 1. The predicted molar refractivity (Wildman–Crippen MR) is 144 cm³/mol. The van der Waals surface area contributed by atoms with Crippen LogP contribution in [0, 0.1) is 0 Å². The molecule has 0 spiro atoms. The number of hydrogen-bond donors (Lipinski definition) is 2. The second-order valence-electron chi connectivity index (χ2n) is 8.04. The number of nitrogens with one attached hydrogen (secondary N) is 1. The van der Waals surface area contributed by atoms with Gasteiger partial charge in [-0.3, -0.25) is 9.35 Å². The molecule has 4 aromatic carbocycles. The fraction of sp³-hybridized carbons (Fsp3) is 0.115. The summed E-state index contributed by atoms with van der Waals surface area (Å²) in [4.78, 5) is 12.7. The maximum Gasteiger partial charge on any atom is 1.00 e. The Kier molecular flexibility index (Phi) is 10.0. The number of halogens is 2. The van der Waals surface area contributed by atoms with Crippen LogP contribution in [0.25, 0.3) is 10.8 Å². The van der Waals surface area contributed by atoms with E-state index in [1.54, 1.807) is 49.4 Å². The number of para-hydroxylation sites is 1. The molecule has 4 rings (SSSR count). The molecule has 196 valence electrons. The van der Waals surface area contributed by atoms with E-state index in [-0.39, 0.29) is 62.2 Å². The molecule has 0 saturated heterocycles. The summed E-state index contributed by atoms with van der Waals surface area (Å²) in [5, 5.41) is 25.3. The van der Waals surface area contributed by atoms with E-state index < -0.39 is 26.7 Å². The van der Waals surface area contributed by atoms with Gasteiger partial charge in [0, 0.05) is 10.9 Å². The quantitative estimate of drug-likeness (QED) is 0.189. The minimum absolute atomic E-state index is 0. The fourth-order valence-corrected chi connectivity index (χ4v) is 5.18. The Bertz CT molecular complexity index is 1710. The van der Waals surface area contributed by atoms with Gasteiger partial charge in [0.05, 0.1) is 28.5 Å². The van der Waals surface area contributed by atoms with Crippen LogP contribution >= 0.6 is 23.2 Å². The zero-order chi connectivity index (χ0) is 27.6. The van der Waals surface area contributed by atoms with Crippen molar-refractivity contribution in [2.45, 2.75) is 18.2 Å². The third-order valence-electron chi connectivity index (χ3n) is 5.68. The molecule has 0 radical (unpaired) electrons. The van der Waals surface area contributed by atoms with Crippen molar-refractivity contribution in [2.24, 2.45) is 10.2 Å². The van der Waals surface area contributed by atoms with Crippen LogP contribution in [0.4, 0.5) is 17.1 Å². The minimum Gasteiger partial charge on any atom is -0.870 e. The topological polar surface area (TPSA) is 140 Å². The summed E-state index contributed by atoms with van der Waals surface area (Å²) in [5.41, 5.74) is 0.288. The third kappa shape index (κ3) is 6.55. The number of carbonyl (C=O) groups is 1. The van der Waals surface area contributed by atoms with Gasteiger partial charge in [-0.25, -0.2) is 0 Å². The molecule has 0 atom stereocenters. The minimum atomic E-state index is -4.64. The second-order valence-corrected chi connectivity index (χ2v) is 10.2. The number of hydrogen-bond acceptors (Lipinski definition) is 7. The number of carbonyl (C=O) groups excluding carboxylic acids is 1. The van der Waals surface area contributed by atoms with Gasteiger partial charge in [-0.1, -0.05) is 66.2 Å². The average molecular weight is 596 g/mol. The molecule has 2 N–H and O–H groups in total. The summed E-state index contributed by atoms with van der Waals surface area (Å²) in [6, 6.07) is 15.6. The Morgan fingerprint density at radius 1 is 1.08 bits per heavy atom.